The maximum Gasteiger partial charge on any atom is 0.258 e. The Hall–Kier alpha value is -2.10. The maximum atomic E-state index is 11.8. The fourth-order valence-electron chi connectivity index (χ4n) is 1.61. The van der Waals surface area contributed by atoms with Crippen molar-refractivity contribution in [1.82, 2.24) is 9.55 Å². The highest BCUT2D eigenvalue weighted by Crippen LogP contribution is 2.18. The number of hydrogen-bond donors (Lipinski definition) is 1. The topological polar surface area (TPSA) is 60.9 Å². The average molecular weight is 215 g/mol. The van der Waals surface area contributed by atoms with Gasteiger partial charge in [-0.25, -0.2) is 4.98 Å². The van der Waals surface area contributed by atoms with Crippen molar-refractivity contribution in [2.75, 3.05) is 5.73 Å². The lowest BCUT2D eigenvalue weighted by Gasteiger charge is -2.08. The molecule has 0 amide bonds. The Labute approximate surface area is 93.4 Å². The predicted molar refractivity (Wildman–Crippen MR) is 64.1 cm³/mol. The number of aromatic nitrogens is 2. The molecular weight excluding hydrogens is 202 g/mol. The Morgan fingerprint density at radius 1 is 1.25 bits per heavy atom. The Kier molecular flexibility index (Phi) is 2.48. The molecule has 0 aliphatic rings. The summed E-state index contributed by atoms with van der Waals surface area (Å²) in [6.45, 7) is 1.76. The van der Waals surface area contributed by atoms with Crippen molar-refractivity contribution in [1.29, 1.82) is 0 Å². The summed E-state index contributed by atoms with van der Waals surface area (Å²) in [5, 5.41) is 0. The second kappa shape index (κ2) is 3.81. The van der Waals surface area contributed by atoms with Crippen LogP contribution in [0.3, 0.4) is 0 Å². The highest BCUT2D eigenvalue weighted by atomic mass is 16.1. The van der Waals surface area contributed by atoms with Gasteiger partial charge in [-0.1, -0.05) is 30.3 Å². The summed E-state index contributed by atoms with van der Waals surface area (Å²) in [6.07, 6.45) is 0. The van der Waals surface area contributed by atoms with Crippen molar-refractivity contribution in [2.24, 2.45) is 7.05 Å². The van der Waals surface area contributed by atoms with Crippen LogP contribution in [0.25, 0.3) is 11.3 Å². The van der Waals surface area contributed by atoms with Gasteiger partial charge >= 0.3 is 0 Å². The molecule has 0 aliphatic heterocycles. The van der Waals surface area contributed by atoms with E-state index < -0.39 is 0 Å². The zero-order valence-corrected chi connectivity index (χ0v) is 9.27. The minimum atomic E-state index is -0.105. The highest BCUT2D eigenvalue weighted by Gasteiger charge is 2.10. The lowest BCUT2D eigenvalue weighted by atomic mass is 10.1. The molecule has 0 bridgehead atoms. The van der Waals surface area contributed by atoms with Gasteiger partial charge < -0.3 is 5.73 Å². The summed E-state index contributed by atoms with van der Waals surface area (Å²) in [4.78, 5) is 16.1. The standard InChI is InChI=1S/C12H13N3O/c1-8-10(9-6-4-3-5-7-9)14-12(13)15(2)11(8)16/h3-7H,1-2H3,(H2,13,14). The van der Waals surface area contributed by atoms with Crippen molar-refractivity contribution < 1.29 is 0 Å². The van der Waals surface area contributed by atoms with Crippen LogP contribution in [0.1, 0.15) is 5.56 Å². The summed E-state index contributed by atoms with van der Waals surface area (Å²) in [5.41, 5.74) is 7.75. The Balaban J connectivity index is 2.73. The second-order valence-corrected chi connectivity index (χ2v) is 3.67. The third-order valence-electron chi connectivity index (χ3n) is 2.60. The number of nitrogen functional groups attached to an aromatic ring is 1. The van der Waals surface area contributed by atoms with Crippen LogP contribution in [0.5, 0.6) is 0 Å². The van der Waals surface area contributed by atoms with Crippen LogP contribution in [-0.4, -0.2) is 9.55 Å². The van der Waals surface area contributed by atoms with E-state index in [0.717, 1.165) is 5.56 Å². The molecular formula is C12H13N3O. The molecule has 2 rings (SSSR count). The minimum absolute atomic E-state index is 0.105. The molecule has 4 nitrogen and oxygen atoms in total. The van der Waals surface area contributed by atoms with Gasteiger partial charge in [-0.05, 0) is 6.92 Å². The van der Waals surface area contributed by atoms with Gasteiger partial charge in [0.1, 0.15) is 0 Å². The summed E-state index contributed by atoms with van der Waals surface area (Å²) < 4.78 is 1.35. The normalized spacial score (nSPS) is 10.4. The van der Waals surface area contributed by atoms with Gasteiger partial charge in [-0.15, -0.1) is 0 Å². The molecule has 0 atom stereocenters. The molecule has 2 N–H and O–H groups in total. The zero-order chi connectivity index (χ0) is 11.7. The summed E-state index contributed by atoms with van der Waals surface area (Å²) in [5.74, 6) is 0.231. The third-order valence-corrected chi connectivity index (χ3v) is 2.60. The summed E-state index contributed by atoms with van der Waals surface area (Å²) in [6, 6.07) is 9.56. The lowest BCUT2D eigenvalue weighted by molar-refractivity contribution is 0.833. The zero-order valence-electron chi connectivity index (χ0n) is 9.27. The number of anilines is 1. The number of benzene rings is 1. The van der Waals surface area contributed by atoms with Crippen LogP contribution < -0.4 is 11.3 Å². The van der Waals surface area contributed by atoms with Crippen LogP contribution in [0.4, 0.5) is 5.95 Å². The maximum absolute atomic E-state index is 11.8. The first-order valence-electron chi connectivity index (χ1n) is 5.00. The van der Waals surface area contributed by atoms with E-state index in [4.69, 9.17) is 5.73 Å². The van der Waals surface area contributed by atoms with Crippen LogP contribution >= 0.6 is 0 Å². The third kappa shape index (κ3) is 1.58. The average Bonchev–Trinajstić information content (AvgIpc) is 2.32. The molecule has 1 aromatic heterocycles. The largest absolute Gasteiger partial charge is 0.369 e. The Morgan fingerprint density at radius 3 is 2.50 bits per heavy atom. The van der Waals surface area contributed by atoms with Crippen LogP contribution in [-0.2, 0) is 7.05 Å². The van der Waals surface area contributed by atoms with E-state index in [1.165, 1.54) is 4.57 Å². The first kappa shape index (κ1) is 10.4. The molecule has 0 radical (unpaired) electrons. The van der Waals surface area contributed by atoms with Crippen LogP contribution in [0.2, 0.25) is 0 Å². The first-order chi connectivity index (χ1) is 7.61. The fourth-order valence-corrected chi connectivity index (χ4v) is 1.61. The van der Waals surface area contributed by atoms with Crippen molar-refractivity contribution in [3.63, 3.8) is 0 Å². The van der Waals surface area contributed by atoms with Gasteiger partial charge in [0.2, 0.25) is 5.95 Å². The molecule has 82 valence electrons. The van der Waals surface area contributed by atoms with Gasteiger partial charge in [-0.2, -0.15) is 0 Å². The number of rotatable bonds is 1. The van der Waals surface area contributed by atoms with Gasteiger partial charge in [0.05, 0.1) is 5.69 Å². The molecule has 0 saturated heterocycles. The van der Waals surface area contributed by atoms with Crippen molar-refractivity contribution in [3.05, 3.63) is 46.2 Å². The molecule has 0 spiro atoms. The molecule has 0 aliphatic carbocycles. The van der Waals surface area contributed by atoms with Crippen LogP contribution in [0.15, 0.2) is 35.1 Å². The van der Waals surface area contributed by atoms with E-state index in [1.54, 1.807) is 14.0 Å². The number of hydrogen-bond acceptors (Lipinski definition) is 3. The van der Waals surface area contributed by atoms with E-state index >= 15 is 0 Å². The lowest BCUT2D eigenvalue weighted by Crippen LogP contribution is -2.24. The molecule has 4 heteroatoms. The molecule has 0 fully saturated rings. The predicted octanol–water partition coefficient (Wildman–Crippen LogP) is 1.34. The van der Waals surface area contributed by atoms with E-state index in [-0.39, 0.29) is 11.5 Å². The van der Waals surface area contributed by atoms with Gasteiger partial charge in [-0.3, -0.25) is 9.36 Å². The first-order valence-corrected chi connectivity index (χ1v) is 5.00. The van der Waals surface area contributed by atoms with Crippen LogP contribution in [0, 0.1) is 6.92 Å². The number of nitrogens with two attached hydrogens (primary N) is 1. The molecule has 2 aromatic rings. The van der Waals surface area contributed by atoms with E-state index in [9.17, 15) is 4.79 Å². The Morgan fingerprint density at radius 2 is 1.88 bits per heavy atom. The Bertz CT molecular complexity index is 573. The van der Waals surface area contributed by atoms with E-state index in [1.807, 2.05) is 30.3 Å². The van der Waals surface area contributed by atoms with Gasteiger partial charge in [0.25, 0.3) is 5.56 Å². The fraction of sp³-hybridized carbons (Fsp3) is 0.167. The molecule has 0 unspecified atom stereocenters. The number of nitrogens with zero attached hydrogens (tertiary/aromatic N) is 2. The molecule has 1 aromatic carbocycles. The molecule has 1 heterocycles. The summed E-state index contributed by atoms with van der Waals surface area (Å²) in [7, 11) is 1.62. The quantitative estimate of drug-likeness (QED) is 0.780. The van der Waals surface area contributed by atoms with Gasteiger partial charge in [0.15, 0.2) is 0 Å². The summed E-state index contributed by atoms with van der Waals surface area (Å²) >= 11 is 0. The van der Waals surface area contributed by atoms with Crippen molar-refractivity contribution in [2.45, 2.75) is 6.92 Å². The smallest absolute Gasteiger partial charge is 0.258 e. The monoisotopic (exact) mass is 215 g/mol. The minimum Gasteiger partial charge on any atom is -0.369 e. The van der Waals surface area contributed by atoms with Crippen molar-refractivity contribution >= 4 is 5.95 Å². The molecule has 0 saturated carbocycles. The van der Waals surface area contributed by atoms with E-state index in [2.05, 4.69) is 4.98 Å². The van der Waals surface area contributed by atoms with E-state index in [0.29, 0.717) is 11.3 Å². The van der Waals surface area contributed by atoms with Crippen molar-refractivity contribution in [3.8, 4) is 11.3 Å². The molecule has 16 heavy (non-hydrogen) atoms. The highest BCUT2D eigenvalue weighted by molar-refractivity contribution is 5.63. The second-order valence-electron chi connectivity index (χ2n) is 3.67. The SMILES string of the molecule is Cc1c(-c2ccccc2)nc(N)n(C)c1=O. The van der Waals surface area contributed by atoms with Gasteiger partial charge in [0, 0.05) is 18.2 Å².